The fraction of sp³-hybridized carbons (Fsp3) is 0.364. The summed E-state index contributed by atoms with van der Waals surface area (Å²) in [5.74, 6) is 0.0844. The number of anilines is 1. The number of amides is 2. The highest BCUT2D eigenvalue weighted by Crippen LogP contribution is 2.40. The fourth-order valence-electron chi connectivity index (χ4n) is 3.38. The summed E-state index contributed by atoms with van der Waals surface area (Å²) in [5, 5.41) is 8.12. The van der Waals surface area contributed by atoms with Gasteiger partial charge < -0.3 is 10.2 Å². The Bertz CT molecular complexity index is 1100. The van der Waals surface area contributed by atoms with Gasteiger partial charge in [0, 0.05) is 43.0 Å². The average molecular weight is 391 g/mol. The van der Waals surface area contributed by atoms with E-state index in [0.29, 0.717) is 22.7 Å². The maximum atomic E-state index is 13.1. The smallest absolute Gasteiger partial charge is 0.256 e. The summed E-state index contributed by atoms with van der Waals surface area (Å²) in [6.07, 6.45) is 3.91. The number of carbonyl (C=O) groups excluding carboxylic acids is 2. The average Bonchev–Trinajstić information content (AvgIpc) is 3.45. The van der Waals surface area contributed by atoms with Crippen LogP contribution < -0.4 is 5.32 Å². The molecule has 1 aromatic carbocycles. The third-order valence-electron chi connectivity index (χ3n) is 5.09. The molecule has 2 amide bonds. The van der Waals surface area contributed by atoms with Crippen molar-refractivity contribution in [2.75, 3.05) is 19.4 Å². The Morgan fingerprint density at radius 2 is 1.97 bits per heavy atom. The van der Waals surface area contributed by atoms with Crippen LogP contribution in [0.1, 0.15) is 65.1 Å². The molecule has 1 saturated carbocycles. The van der Waals surface area contributed by atoms with Crippen LogP contribution in [0.15, 0.2) is 36.5 Å². The predicted molar refractivity (Wildman–Crippen MR) is 112 cm³/mol. The molecule has 2 heterocycles. The van der Waals surface area contributed by atoms with E-state index in [1.165, 1.54) is 4.90 Å². The van der Waals surface area contributed by atoms with Crippen LogP contribution in [0.3, 0.4) is 0 Å². The molecule has 0 unspecified atom stereocenters. The zero-order valence-corrected chi connectivity index (χ0v) is 17.1. The standard InChI is InChI=1S/C22H25N5O2/c1-13(2)27-20-18(12-23-27)17(11-19(25-20)14-8-9-14)21(28)24-16-7-5-6-15(10-16)22(29)26(3)4/h5-7,10-14H,8-9H2,1-4H3,(H,24,28). The molecule has 0 bridgehead atoms. The van der Waals surface area contributed by atoms with Crippen molar-refractivity contribution in [3.63, 3.8) is 0 Å². The van der Waals surface area contributed by atoms with Crippen LogP contribution in [0.4, 0.5) is 5.69 Å². The number of aromatic nitrogens is 3. The lowest BCUT2D eigenvalue weighted by molar-refractivity contribution is 0.0827. The Morgan fingerprint density at radius 1 is 1.21 bits per heavy atom. The van der Waals surface area contributed by atoms with Crippen molar-refractivity contribution < 1.29 is 9.59 Å². The van der Waals surface area contributed by atoms with Gasteiger partial charge in [0.1, 0.15) is 0 Å². The molecule has 3 aromatic rings. The molecule has 150 valence electrons. The number of pyridine rings is 1. The van der Waals surface area contributed by atoms with E-state index in [1.54, 1.807) is 44.6 Å². The predicted octanol–water partition coefficient (Wildman–Crippen LogP) is 3.84. The zero-order valence-electron chi connectivity index (χ0n) is 17.1. The normalized spacial score (nSPS) is 13.7. The third-order valence-corrected chi connectivity index (χ3v) is 5.09. The van der Waals surface area contributed by atoms with Crippen LogP contribution in [0, 0.1) is 0 Å². The molecule has 1 fully saturated rings. The molecule has 1 aliphatic carbocycles. The highest BCUT2D eigenvalue weighted by atomic mass is 16.2. The highest BCUT2D eigenvalue weighted by molar-refractivity contribution is 6.12. The number of hydrogen-bond acceptors (Lipinski definition) is 4. The van der Waals surface area contributed by atoms with Crippen molar-refractivity contribution in [3.05, 3.63) is 53.3 Å². The first kappa shape index (κ1) is 19.1. The van der Waals surface area contributed by atoms with Gasteiger partial charge in [-0.3, -0.25) is 9.59 Å². The maximum Gasteiger partial charge on any atom is 0.256 e. The second kappa shape index (κ2) is 7.31. The number of benzene rings is 1. The number of rotatable bonds is 5. The van der Waals surface area contributed by atoms with Gasteiger partial charge in [0.2, 0.25) is 0 Å². The van der Waals surface area contributed by atoms with Crippen molar-refractivity contribution in [2.24, 2.45) is 0 Å². The van der Waals surface area contributed by atoms with Gasteiger partial charge in [-0.05, 0) is 51.0 Å². The topological polar surface area (TPSA) is 80.1 Å². The number of hydrogen-bond donors (Lipinski definition) is 1. The van der Waals surface area contributed by atoms with Gasteiger partial charge in [0.05, 0.1) is 17.1 Å². The summed E-state index contributed by atoms with van der Waals surface area (Å²) in [4.78, 5) is 31.7. The Hall–Kier alpha value is -3.22. The van der Waals surface area contributed by atoms with Crippen LogP contribution in [-0.4, -0.2) is 45.6 Å². The lowest BCUT2D eigenvalue weighted by atomic mass is 10.1. The molecule has 0 atom stereocenters. The van der Waals surface area contributed by atoms with Crippen molar-refractivity contribution in [1.82, 2.24) is 19.7 Å². The number of carbonyl (C=O) groups is 2. The molecule has 4 rings (SSSR count). The molecule has 0 saturated heterocycles. The van der Waals surface area contributed by atoms with Crippen LogP contribution in [0.5, 0.6) is 0 Å². The monoisotopic (exact) mass is 391 g/mol. The van der Waals surface area contributed by atoms with E-state index in [1.807, 2.05) is 24.6 Å². The molecular formula is C22H25N5O2. The fourth-order valence-corrected chi connectivity index (χ4v) is 3.38. The first-order chi connectivity index (χ1) is 13.8. The zero-order chi connectivity index (χ0) is 20.7. The van der Waals surface area contributed by atoms with Crippen LogP contribution in [-0.2, 0) is 0 Å². The Balaban J connectivity index is 1.70. The number of fused-ring (bicyclic) bond motifs is 1. The molecule has 7 nitrogen and oxygen atoms in total. The maximum absolute atomic E-state index is 13.1. The molecule has 0 radical (unpaired) electrons. The quantitative estimate of drug-likeness (QED) is 0.716. The van der Waals surface area contributed by atoms with Crippen LogP contribution >= 0.6 is 0 Å². The lowest BCUT2D eigenvalue weighted by Gasteiger charge is -2.13. The van der Waals surface area contributed by atoms with Gasteiger partial charge in [-0.1, -0.05) is 6.07 Å². The largest absolute Gasteiger partial charge is 0.345 e. The van der Waals surface area contributed by atoms with E-state index in [-0.39, 0.29) is 17.9 Å². The van der Waals surface area contributed by atoms with E-state index in [4.69, 9.17) is 4.98 Å². The van der Waals surface area contributed by atoms with Crippen molar-refractivity contribution >= 4 is 28.5 Å². The van der Waals surface area contributed by atoms with E-state index >= 15 is 0 Å². The minimum atomic E-state index is -0.225. The van der Waals surface area contributed by atoms with Crippen molar-refractivity contribution in [2.45, 2.75) is 38.6 Å². The van der Waals surface area contributed by atoms with Gasteiger partial charge in [-0.25, -0.2) is 9.67 Å². The summed E-state index contributed by atoms with van der Waals surface area (Å²) in [5.41, 5.74) is 3.36. The van der Waals surface area contributed by atoms with Gasteiger partial charge in [0.25, 0.3) is 11.8 Å². The van der Waals surface area contributed by atoms with E-state index in [0.717, 1.165) is 29.6 Å². The van der Waals surface area contributed by atoms with E-state index in [2.05, 4.69) is 10.4 Å². The minimum Gasteiger partial charge on any atom is -0.345 e. The van der Waals surface area contributed by atoms with Gasteiger partial charge in [0.15, 0.2) is 5.65 Å². The molecule has 0 spiro atoms. The van der Waals surface area contributed by atoms with Crippen molar-refractivity contribution in [3.8, 4) is 0 Å². The van der Waals surface area contributed by atoms with Gasteiger partial charge in [-0.15, -0.1) is 0 Å². The van der Waals surface area contributed by atoms with Gasteiger partial charge >= 0.3 is 0 Å². The molecule has 29 heavy (non-hydrogen) atoms. The highest BCUT2D eigenvalue weighted by Gasteiger charge is 2.28. The third kappa shape index (κ3) is 3.72. The molecule has 1 N–H and O–H groups in total. The summed E-state index contributed by atoms with van der Waals surface area (Å²) < 4.78 is 1.86. The van der Waals surface area contributed by atoms with Gasteiger partial charge in [-0.2, -0.15) is 5.10 Å². The van der Waals surface area contributed by atoms with Crippen LogP contribution in [0.2, 0.25) is 0 Å². The SMILES string of the molecule is CC(C)n1ncc2c(C(=O)Nc3cccc(C(=O)N(C)C)c3)cc(C3CC3)nc21. The molecule has 1 aliphatic rings. The summed E-state index contributed by atoms with van der Waals surface area (Å²) >= 11 is 0. The summed E-state index contributed by atoms with van der Waals surface area (Å²) in [6.45, 7) is 4.09. The molecule has 2 aromatic heterocycles. The Labute approximate surface area is 169 Å². The Morgan fingerprint density at radius 3 is 2.62 bits per heavy atom. The first-order valence-corrected chi connectivity index (χ1v) is 9.86. The lowest BCUT2D eigenvalue weighted by Crippen LogP contribution is -2.22. The molecule has 0 aliphatic heterocycles. The second-order valence-corrected chi connectivity index (χ2v) is 8.02. The van der Waals surface area contributed by atoms with Crippen molar-refractivity contribution in [1.29, 1.82) is 0 Å². The Kier molecular flexibility index (Phi) is 4.82. The minimum absolute atomic E-state index is 0.110. The number of nitrogens with one attached hydrogen (secondary N) is 1. The second-order valence-electron chi connectivity index (χ2n) is 8.02. The summed E-state index contributed by atoms with van der Waals surface area (Å²) in [7, 11) is 3.40. The number of nitrogens with zero attached hydrogens (tertiary/aromatic N) is 4. The molecular weight excluding hydrogens is 366 g/mol. The first-order valence-electron chi connectivity index (χ1n) is 9.86. The van der Waals surface area contributed by atoms with E-state index in [9.17, 15) is 9.59 Å². The summed E-state index contributed by atoms with van der Waals surface area (Å²) in [6, 6.07) is 9.01. The van der Waals surface area contributed by atoms with E-state index < -0.39 is 0 Å². The van der Waals surface area contributed by atoms with Crippen LogP contribution in [0.25, 0.3) is 11.0 Å². The molecule has 7 heteroatoms.